The van der Waals surface area contributed by atoms with E-state index in [1.54, 1.807) is 17.5 Å². The second-order valence-electron chi connectivity index (χ2n) is 4.18. The molecule has 2 heterocycles. The SMILES string of the molecule is CC(C)(NCc1cccnc1)c1nccs1. The summed E-state index contributed by atoms with van der Waals surface area (Å²) in [6.45, 7) is 5.09. The molecule has 0 amide bonds. The van der Waals surface area contributed by atoms with Gasteiger partial charge in [-0.1, -0.05) is 6.07 Å². The monoisotopic (exact) mass is 233 g/mol. The predicted molar refractivity (Wildman–Crippen MR) is 66.2 cm³/mol. The van der Waals surface area contributed by atoms with Crippen LogP contribution in [0.3, 0.4) is 0 Å². The number of hydrogen-bond acceptors (Lipinski definition) is 4. The fourth-order valence-electron chi connectivity index (χ4n) is 1.43. The lowest BCUT2D eigenvalue weighted by molar-refractivity contribution is 0.399. The molecule has 84 valence electrons. The van der Waals surface area contributed by atoms with Crippen molar-refractivity contribution in [2.45, 2.75) is 25.9 Å². The van der Waals surface area contributed by atoms with Gasteiger partial charge in [0, 0.05) is 30.5 Å². The second kappa shape index (κ2) is 4.72. The molecule has 0 spiro atoms. The lowest BCUT2D eigenvalue weighted by atomic mass is 10.1. The predicted octanol–water partition coefficient (Wildman–Crippen LogP) is 2.56. The van der Waals surface area contributed by atoms with E-state index in [4.69, 9.17) is 0 Å². The van der Waals surface area contributed by atoms with E-state index in [-0.39, 0.29) is 5.54 Å². The quantitative estimate of drug-likeness (QED) is 0.882. The van der Waals surface area contributed by atoms with Crippen molar-refractivity contribution in [3.05, 3.63) is 46.7 Å². The molecule has 0 aliphatic rings. The van der Waals surface area contributed by atoms with Crippen molar-refractivity contribution in [1.82, 2.24) is 15.3 Å². The van der Waals surface area contributed by atoms with E-state index in [0.717, 1.165) is 11.6 Å². The summed E-state index contributed by atoms with van der Waals surface area (Å²) >= 11 is 1.68. The highest BCUT2D eigenvalue weighted by Gasteiger charge is 2.22. The molecule has 16 heavy (non-hydrogen) atoms. The molecule has 4 heteroatoms. The molecular formula is C12H15N3S. The van der Waals surface area contributed by atoms with Gasteiger partial charge in [-0.05, 0) is 25.5 Å². The third-order valence-electron chi connectivity index (χ3n) is 2.42. The molecule has 0 atom stereocenters. The normalized spacial score (nSPS) is 11.6. The van der Waals surface area contributed by atoms with Crippen molar-refractivity contribution in [2.75, 3.05) is 0 Å². The standard InChI is InChI=1S/C12H15N3S/c1-12(2,11-14-6-7-16-11)15-9-10-4-3-5-13-8-10/h3-8,15H,9H2,1-2H3. The minimum atomic E-state index is -0.0932. The number of thiazole rings is 1. The summed E-state index contributed by atoms with van der Waals surface area (Å²) in [5.74, 6) is 0. The highest BCUT2D eigenvalue weighted by atomic mass is 32.1. The molecule has 2 aromatic heterocycles. The molecule has 1 N–H and O–H groups in total. The Labute approximate surface area is 99.6 Å². The molecule has 2 rings (SSSR count). The summed E-state index contributed by atoms with van der Waals surface area (Å²) in [6, 6.07) is 4.02. The number of rotatable bonds is 4. The zero-order chi connectivity index (χ0) is 11.4. The molecule has 0 aromatic carbocycles. The summed E-state index contributed by atoms with van der Waals surface area (Å²) in [5, 5.41) is 6.60. The van der Waals surface area contributed by atoms with Crippen LogP contribution in [0.4, 0.5) is 0 Å². The van der Waals surface area contributed by atoms with Gasteiger partial charge >= 0.3 is 0 Å². The molecule has 0 saturated carbocycles. The summed E-state index contributed by atoms with van der Waals surface area (Å²) in [4.78, 5) is 8.44. The van der Waals surface area contributed by atoms with Crippen LogP contribution < -0.4 is 5.32 Å². The first-order chi connectivity index (χ1) is 7.68. The van der Waals surface area contributed by atoms with E-state index in [9.17, 15) is 0 Å². The highest BCUT2D eigenvalue weighted by Crippen LogP contribution is 2.22. The molecule has 0 bridgehead atoms. The fourth-order valence-corrected chi connectivity index (χ4v) is 2.17. The van der Waals surface area contributed by atoms with Gasteiger partial charge < -0.3 is 5.32 Å². The molecule has 0 radical (unpaired) electrons. The van der Waals surface area contributed by atoms with E-state index in [0.29, 0.717) is 0 Å². The topological polar surface area (TPSA) is 37.8 Å². The van der Waals surface area contributed by atoms with E-state index in [1.165, 1.54) is 5.56 Å². The molecule has 2 aromatic rings. The Kier molecular flexibility index (Phi) is 3.31. The minimum absolute atomic E-state index is 0.0932. The van der Waals surface area contributed by atoms with Crippen molar-refractivity contribution < 1.29 is 0 Å². The van der Waals surface area contributed by atoms with E-state index in [2.05, 4.69) is 35.2 Å². The van der Waals surface area contributed by atoms with Gasteiger partial charge in [0.05, 0.1) is 5.54 Å². The lowest BCUT2D eigenvalue weighted by Crippen LogP contribution is -2.35. The van der Waals surface area contributed by atoms with Crippen LogP contribution in [0.1, 0.15) is 24.4 Å². The van der Waals surface area contributed by atoms with Gasteiger partial charge in [0.25, 0.3) is 0 Å². The van der Waals surface area contributed by atoms with Crippen LogP contribution >= 0.6 is 11.3 Å². The van der Waals surface area contributed by atoms with Crippen LogP contribution in [-0.4, -0.2) is 9.97 Å². The number of aromatic nitrogens is 2. The van der Waals surface area contributed by atoms with Crippen LogP contribution in [0.5, 0.6) is 0 Å². The number of nitrogens with zero attached hydrogens (tertiary/aromatic N) is 2. The van der Waals surface area contributed by atoms with Crippen molar-refractivity contribution in [3.63, 3.8) is 0 Å². The van der Waals surface area contributed by atoms with Gasteiger partial charge in [0.2, 0.25) is 0 Å². The molecule has 3 nitrogen and oxygen atoms in total. The van der Waals surface area contributed by atoms with Gasteiger partial charge in [0.1, 0.15) is 5.01 Å². The average Bonchev–Trinajstić information content (AvgIpc) is 2.82. The molecule has 0 aliphatic carbocycles. The molecule has 0 saturated heterocycles. The summed E-state index contributed by atoms with van der Waals surface area (Å²) < 4.78 is 0. The zero-order valence-electron chi connectivity index (χ0n) is 9.47. The van der Waals surface area contributed by atoms with Crippen LogP contribution in [0.2, 0.25) is 0 Å². The molecular weight excluding hydrogens is 218 g/mol. The van der Waals surface area contributed by atoms with Crippen LogP contribution in [0, 0.1) is 0 Å². The van der Waals surface area contributed by atoms with Crippen LogP contribution in [-0.2, 0) is 12.1 Å². The number of pyridine rings is 1. The fraction of sp³-hybridized carbons (Fsp3) is 0.333. The molecule has 0 unspecified atom stereocenters. The van der Waals surface area contributed by atoms with Crippen molar-refractivity contribution >= 4 is 11.3 Å². The van der Waals surface area contributed by atoms with Crippen molar-refractivity contribution in [2.24, 2.45) is 0 Å². The van der Waals surface area contributed by atoms with E-state index >= 15 is 0 Å². The Balaban J connectivity index is 2.00. The zero-order valence-corrected chi connectivity index (χ0v) is 10.3. The third-order valence-corrected chi connectivity index (χ3v) is 3.52. The molecule has 0 aliphatic heterocycles. The second-order valence-corrected chi connectivity index (χ2v) is 5.07. The molecule has 0 fully saturated rings. The average molecular weight is 233 g/mol. The van der Waals surface area contributed by atoms with Gasteiger partial charge in [-0.2, -0.15) is 0 Å². The maximum atomic E-state index is 4.34. The van der Waals surface area contributed by atoms with Crippen LogP contribution in [0.15, 0.2) is 36.1 Å². The van der Waals surface area contributed by atoms with Gasteiger partial charge in [0.15, 0.2) is 0 Å². The Hall–Kier alpha value is -1.26. The summed E-state index contributed by atoms with van der Waals surface area (Å²) in [6.07, 6.45) is 5.51. The Bertz CT molecular complexity index is 423. The Morgan fingerprint density at radius 3 is 2.88 bits per heavy atom. The number of nitrogens with one attached hydrogen (secondary N) is 1. The first kappa shape index (κ1) is 11.2. The van der Waals surface area contributed by atoms with Gasteiger partial charge in [-0.3, -0.25) is 4.98 Å². The van der Waals surface area contributed by atoms with Gasteiger partial charge in [-0.25, -0.2) is 4.98 Å². The van der Waals surface area contributed by atoms with Crippen LogP contribution in [0.25, 0.3) is 0 Å². The first-order valence-corrected chi connectivity index (χ1v) is 6.10. The summed E-state index contributed by atoms with van der Waals surface area (Å²) in [7, 11) is 0. The van der Waals surface area contributed by atoms with E-state index in [1.807, 2.05) is 23.8 Å². The lowest BCUT2D eigenvalue weighted by Gasteiger charge is -2.23. The van der Waals surface area contributed by atoms with E-state index < -0.39 is 0 Å². The first-order valence-electron chi connectivity index (χ1n) is 5.22. The third kappa shape index (κ3) is 2.65. The number of hydrogen-bond donors (Lipinski definition) is 1. The maximum Gasteiger partial charge on any atom is 0.112 e. The minimum Gasteiger partial charge on any atom is -0.302 e. The smallest absolute Gasteiger partial charge is 0.112 e. The van der Waals surface area contributed by atoms with Crippen molar-refractivity contribution in [1.29, 1.82) is 0 Å². The summed E-state index contributed by atoms with van der Waals surface area (Å²) in [5.41, 5.74) is 1.09. The Morgan fingerprint density at radius 2 is 2.25 bits per heavy atom. The largest absolute Gasteiger partial charge is 0.302 e. The van der Waals surface area contributed by atoms with Gasteiger partial charge in [-0.15, -0.1) is 11.3 Å². The maximum absolute atomic E-state index is 4.34. The Morgan fingerprint density at radius 1 is 1.38 bits per heavy atom. The highest BCUT2D eigenvalue weighted by molar-refractivity contribution is 7.09. The van der Waals surface area contributed by atoms with Crippen molar-refractivity contribution in [3.8, 4) is 0 Å².